The van der Waals surface area contributed by atoms with E-state index in [0.717, 1.165) is 25.0 Å². The minimum Gasteiger partial charge on any atom is -0.380 e. The molecule has 98 valence electrons. The first-order valence-corrected chi connectivity index (χ1v) is 6.16. The van der Waals surface area contributed by atoms with Crippen molar-refractivity contribution in [1.29, 1.82) is 0 Å². The zero-order valence-corrected chi connectivity index (χ0v) is 11.2. The molecule has 0 aliphatic rings. The predicted molar refractivity (Wildman–Crippen MR) is 68.5 cm³/mol. The fourth-order valence-corrected chi connectivity index (χ4v) is 2.07. The van der Waals surface area contributed by atoms with Crippen molar-refractivity contribution < 1.29 is 4.74 Å². The van der Waals surface area contributed by atoms with Crippen LogP contribution in [0.5, 0.6) is 0 Å². The summed E-state index contributed by atoms with van der Waals surface area (Å²) in [5, 5.41) is 4.43. The van der Waals surface area contributed by atoms with Gasteiger partial charge in [-0.25, -0.2) is 0 Å². The monoisotopic (exact) mass is 240 g/mol. The molecule has 1 heterocycles. The SMILES string of the molecule is CCc1cc(CC(NN)C(CC)OC)n(C)n1. The van der Waals surface area contributed by atoms with Crippen molar-refractivity contribution in [2.45, 2.75) is 45.3 Å². The van der Waals surface area contributed by atoms with Crippen molar-refractivity contribution in [3.63, 3.8) is 0 Å². The van der Waals surface area contributed by atoms with Gasteiger partial charge < -0.3 is 4.74 Å². The topological polar surface area (TPSA) is 65.1 Å². The summed E-state index contributed by atoms with van der Waals surface area (Å²) in [4.78, 5) is 0. The third-order valence-corrected chi connectivity index (χ3v) is 3.19. The molecule has 0 saturated heterocycles. The Balaban J connectivity index is 2.75. The minimum atomic E-state index is 0.116. The molecule has 2 atom stereocenters. The van der Waals surface area contributed by atoms with Gasteiger partial charge in [-0.2, -0.15) is 5.10 Å². The third-order valence-electron chi connectivity index (χ3n) is 3.19. The Kier molecular flexibility index (Phi) is 5.61. The van der Waals surface area contributed by atoms with Crippen LogP contribution < -0.4 is 11.3 Å². The van der Waals surface area contributed by atoms with Gasteiger partial charge in [-0.15, -0.1) is 0 Å². The van der Waals surface area contributed by atoms with Crippen molar-refractivity contribution in [3.05, 3.63) is 17.5 Å². The quantitative estimate of drug-likeness (QED) is 0.546. The predicted octanol–water partition coefficient (Wildman–Crippen LogP) is 0.782. The summed E-state index contributed by atoms with van der Waals surface area (Å²) in [6.45, 7) is 4.20. The molecule has 0 fully saturated rings. The number of aryl methyl sites for hydroxylation is 2. The molecular formula is C12H24N4O. The molecule has 1 aromatic rings. The van der Waals surface area contributed by atoms with E-state index in [4.69, 9.17) is 10.6 Å². The summed E-state index contributed by atoms with van der Waals surface area (Å²) in [7, 11) is 3.69. The maximum atomic E-state index is 5.60. The number of nitrogens with two attached hydrogens (primary N) is 1. The van der Waals surface area contributed by atoms with Gasteiger partial charge in [-0.05, 0) is 18.9 Å². The number of nitrogens with zero attached hydrogens (tertiary/aromatic N) is 2. The Bertz CT molecular complexity index is 333. The average Bonchev–Trinajstić information content (AvgIpc) is 2.70. The van der Waals surface area contributed by atoms with E-state index in [1.807, 2.05) is 11.7 Å². The highest BCUT2D eigenvalue weighted by Crippen LogP contribution is 2.11. The number of rotatable bonds is 7. The van der Waals surface area contributed by atoms with Gasteiger partial charge in [-0.1, -0.05) is 13.8 Å². The van der Waals surface area contributed by atoms with Crippen molar-refractivity contribution in [2.75, 3.05) is 7.11 Å². The molecule has 5 nitrogen and oxygen atoms in total. The van der Waals surface area contributed by atoms with Crippen LogP contribution in [-0.4, -0.2) is 29.0 Å². The zero-order valence-electron chi connectivity index (χ0n) is 11.2. The fourth-order valence-electron chi connectivity index (χ4n) is 2.07. The fraction of sp³-hybridized carbons (Fsp3) is 0.750. The molecule has 0 radical (unpaired) electrons. The lowest BCUT2D eigenvalue weighted by Crippen LogP contribution is -2.46. The van der Waals surface area contributed by atoms with E-state index in [1.54, 1.807) is 7.11 Å². The van der Waals surface area contributed by atoms with Crippen LogP contribution in [0.1, 0.15) is 31.7 Å². The van der Waals surface area contributed by atoms with Crippen LogP contribution in [0, 0.1) is 0 Å². The minimum absolute atomic E-state index is 0.116. The number of aromatic nitrogens is 2. The first kappa shape index (κ1) is 14.2. The summed E-state index contributed by atoms with van der Waals surface area (Å²) >= 11 is 0. The third kappa shape index (κ3) is 3.52. The van der Waals surface area contributed by atoms with Gasteiger partial charge in [0.2, 0.25) is 0 Å². The van der Waals surface area contributed by atoms with E-state index in [1.165, 1.54) is 5.69 Å². The van der Waals surface area contributed by atoms with Gasteiger partial charge in [0.1, 0.15) is 0 Å². The Hall–Kier alpha value is -0.910. The van der Waals surface area contributed by atoms with E-state index in [9.17, 15) is 0 Å². The number of methoxy groups -OCH3 is 1. The van der Waals surface area contributed by atoms with E-state index in [-0.39, 0.29) is 12.1 Å². The van der Waals surface area contributed by atoms with Crippen LogP contribution in [0.15, 0.2) is 6.07 Å². The molecule has 0 saturated carbocycles. The van der Waals surface area contributed by atoms with Crippen LogP contribution in [0.4, 0.5) is 0 Å². The van der Waals surface area contributed by atoms with E-state index in [0.29, 0.717) is 0 Å². The second-order valence-electron chi connectivity index (χ2n) is 4.26. The van der Waals surface area contributed by atoms with Crippen LogP contribution >= 0.6 is 0 Å². The molecule has 0 aromatic carbocycles. The van der Waals surface area contributed by atoms with Gasteiger partial charge in [-0.3, -0.25) is 16.0 Å². The van der Waals surface area contributed by atoms with E-state index >= 15 is 0 Å². The second kappa shape index (κ2) is 6.74. The van der Waals surface area contributed by atoms with Crippen LogP contribution in [0.3, 0.4) is 0 Å². The van der Waals surface area contributed by atoms with Crippen molar-refractivity contribution >= 4 is 0 Å². The van der Waals surface area contributed by atoms with Crippen LogP contribution in [0.2, 0.25) is 0 Å². The molecule has 0 aliphatic heterocycles. The van der Waals surface area contributed by atoms with Gasteiger partial charge in [0.15, 0.2) is 0 Å². The van der Waals surface area contributed by atoms with Crippen molar-refractivity contribution in [2.24, 2.45) is 12.9 Å². The summed E-state index contributed by atoms with van der Waals surface area (Å²) in [5.74, 6) is 5.60. The first-order chi connectivity index (χ1) is 8.15. The summed E-state index contributed by atoms with van der Waals surface area (Å²) < 4.78 is 7.35. The lowest BCUT2D eigenvalue weighted by Gasteiger charge is -2.24. The molecular weight excluding hydrogens is 216 g/mol. The Morgan fingerprint density at radius 2 is 2.24 bits per heavy atom. The maximum Gasteiger partial charge on any atom is 0.0738 e. The molecule has 0 aliphatic carbocycles. The molecule has 1 rings (SSSR count). The largest absolute Gasteiger partial charge is 0.380 e. The maximum absolute atomic E-state index is 5.60. The summed E-state index contributed by atoms with van der Waals surface area (Å²) in [6.07, 6.45) is 2.84. The lowest BCUT2D eigenvalue weighted by atomic mass is 10.0. The number of hydrogen-bond donors (Lipinski definition) is 2. The highest BCUT2D eigenvalue weighted by atomic mass is 16.5. The first-order valence-electron chi connectivity index (χ1n) is 6.16. The zero-order chi connectivity index (χ0) is 12.8. The molecule has 0 amide bonds. The van der Waals surface area contributed by atoms with Crippen molar-refractivity contribution in [1.82, 2.24) is 15.2 Å². The normalized spacial score (nSPS) is 14.9. The van der Waals surface area contributed by atoms with Gasteiger partial charge >= 0.3 is 0 Å². The molecule has 2 unspecified atom stereocenters. The standard InChI is InChI=1S/C12H24N4O/c1-5-9-7-10(16(3)15-9)8-11(14-13)12(6-2)17-4/h7,11-12,14H,5-6,8,13H2,1-4H3. The Labute approximate surface area is 103 Å². The molecule has 3 N–H and O–H groups in total. The highest BCUT2D eigenvalue weighted by molar-refractivity contribution is 5.12. The second-order valence-corrected chi connectivity index (χ2v) is 4.26. The van der Waals surface area contributed by atoms with Gasteiger partial charge in [0.25, 0.3) is 0 Å². The smallest absolute Gasteiger partial charge is 0.0738 e. The van der Waals surface area contributed by atoms with Gasteiger partial charge in [0, 0.05) is 26.3 Å². The Morgan fingerprint density at radius 3 is 2.65 bits per heavy atom. The molecule has 5 heteroatoms. The number of nitrogens with one attached hydrogen (secondary N) is 1. The van der Waals surface area contributed by atoms with E-state index in [2.05, 4.69) is 30.4 Å². The number of hydrazine groups is 1. The van der Waals surface area contributed by atoms with Gasteiger partial charge in [0.05, 0.1) is 17.8 Å². The molecule has 0 spiro atoms. The number of hydrogen-bond acceptors (Lipinski definition) is 4. The molecule has 17 heavy (non-hydrogen) atoms. The summed E-state index contributed by atoms with van der Waals surface area (Å²) in [6, 6.07) is 2.25. The van der Waals surface area contributed by atoms with Crippen molar-refractivity contribution in [3.8, 4) is 0 Å². The number of ether oxygens (including phenoxy) is 1. The molecule has 0 bridgehead atoms. The summed E-state index contributed by atoms with van der Waals surface area (Å²) in [5.41, 5.74) is 5.14. The van der Waals surface area contributed by atoms with Crippen LogP contribution in [0.25, 0.3) is 0 Å². The Morgan fingerprint density at radius 1 is 1.53 bits per heavy atom. The van der Waals surface area contributed by atoms with E-state index < -0.39 is 0 Å². The molecule has 1 aromatic heterocycles. The average molecular weight is 240 g/mol. The highest BCUT2D eigenvalue weighted by Gasteiger charge is 2.20. The lowest BCUT2D eigenvalue weighted by molar-refractivity contribution is 0.0648. The van der Waals surface area contributed by atoms with Crippen LogP contribution in [-0.2, 0) is 24.6 Å².